The lowest BCUT2D eigenvalue weighted by Gasteiger charge is -2.07. The number of thioether (sulfide) groups is 1. The van der Waals surface area contributed by atoms with Gasteiger partial charge in [0.15, 0.2) is 5.78 Å². The first-order chi connectivity index (χ1) is 12.7. The predicted octanol–water partition coefficient (Wildman–Crippen LogP) is 5.84. The molecule has 2 heterocycles. The summed E-state index contributed by atoms with van der Waals surface area (Å²) < 4.78 is 0. The van der Waals surface area contributed by atoms with Gasteiger partial charge in [-0.3, -0.25) is 4.79 Å². The SMILES string of the molecule is CSc1cccc(-c2ccnc3[nH]cc(C(=O)c4ccc(Cl)cc4)c23)c1. The fourth-order valence-corrected chi connectivity index (χ4v) is 3.61. The standard InChI is InChI=1S/C21H15ClN2OS/c1-26-16-4-2-3-14(11-16)17-9-10-23-21-19(17)18(12-24-21)20(25)13-5-7-15(22)8-6-13/h2-12H,1H3,(H,23,24). The van der Waals surface area contributed by atoms with Crippen molar-refractivity contribution in [3.8, 4) is 11.1 Å². The highest BCUT2D eigenvalue weighted by atomic mass is 35.5. The summed E-state index contributed by atoms with van der Waals surface area (Å²) in [4.78, 5) is 21.7. The number of aromatic amines is 1. The maximum atomic E-state index is 13.0. The molecule has 0 bridgehead atoms. The first-order valence-electron chi connectivity index (χ1n) is 8.08. The highest BCUT2D eigenvalue weighted by molar-refractivity contribution is 7.98. The molecule has 0 fully saturated rings. The Labute approximate surface area is 160 Å². The lowest BCUT2D eigenvalue weighted by atomic mass is 9.97. The zero-order valence-electron chi connectivity index (χ0n) is 14.0. The summed E-state index contributed by atoms with van der Waals surface area (Å²) in [6.45, 7) is 0. The van der Waals surface area contributed by atoms with E-state index in [1.165, 1.54) is 4.90 Å². The Hall–Kier alpha value is -2.56. The molecule has 0 aliphatic heterocycles. The predicted molar refractivity (Wildman–Crippen MR) is 108 cm³/mol. The zero-order chi connectivity index (χ0) is 18.1. The number of hydrogen-bond acceptors (Lipinski definition) is 3. The molecule has 0 spiro atoms. The van der Waals surface area contributed by atoms with Crippen LogP contribution in [0.25, 0.3) is 22.2 Å². The minimum Gasteiger partial charge on any atom is -0.345 e. The Morgan fingerprint density at radius 3 is 2.69 bits per heavy atom. The van der Waals surface area contributed by atoms with Crippen molar-refractivity contribution < 1.29 is 4.79 Å². The quantitative estimate of drug-likeness (QED) is 0.358. The molecule has 3 nitrogen and oxygen atoms in total. The number of hydrogen-bond donors (Lipinski definition) is 1. The second-order valence-electron chi connectivity index (χ2n) is 5.85. The molecule has 0 radical (unpaired) electrons. The molecule has 5 heteroatoms. The number of halogens is 1. The van der Waals surface area contributed by atoms with Gasteiger partial charge in [-0.2, -0.15) is 0 Å². The molecule has 4 rings (SSSR count). The minimum absolute atomic E-state index is 0.0526. The smallest absolute Gasteiger partial charge is 0.195 e. The third-order valence-corrected chi connectivity index (χ3v) is 5.28. The molecule has 0 unspecified atom stereocenters. The minimum atomic E-state index is -0.0526. The van der Waals surface area contributed by atoms with Gasteiger partial charge >= 0.3 is 0 Å². The van der Waals surface area contributed by atoms with Crippen LogP contribution in [0.2, 0.25) is 5.02 Å². The molecular weight excluding hydrogens is 364 g/mol. The van der Waals surface area contributed by atoms with Gasteiger partial charge in [-0.15, -0.1) is 11.8 Å². The van der Waals surface area contributed by atoms with Crippen molar-refractivity contribution >= 4 is 40.2 Å². The first kappa shape index (κ1) is 16.9. The lowest BCUT2D eigenvalue weighted by Crippen LogP contribution is -2.00. The van der Waals surface area contributed by atoms with E-state index in [1.807, 2.05) is 18.4 Å². The molecule has 2 aromatic carbocycles. The van der Waals surface area contributed by atoms with Crippen molar-refractivity contribution in [1.29, 1.82) is 0 Å². The van der Waals surface area contributed by atoms with Crippen LogP contribution < -0.4 is 0 Å². The van der Waals surface area contributed by atoms with E-state index in [2.05, 4.69) is 28.2 Å². The summed E-state index contributed by atoms with van der Waals surface area (Å²) in [6.07, 6.45) is 5.54. The van der Waals surface area contributed by atoms with Crippen LogP contribution in [-0.2, 0) is 0 Å². The Morgan fingerprint density at radius 1 is 1.12 bits per heavy atom. The maximum absolute atomic E-state index is 13.0. The Bertz CT molecular complexity index is 1100. The van der Waals surface area contributed by atoms with Crippen LogP contribution in [0.1, 0.15) is 15.9 Å². The van der Waals surface area contributed by atoms with Crippen LogP contribution >= 0.6 is 23.4 Å². The van der Waals surface area contributed by atoms with Crippen molar-refractivity contribution in [3.63, 3.8) is 0 Å². The molecule has 0 atom stereocenters. The highest BCUT2D eigenvalue weighted by Crippen LogP contribution is 2.33. The summed E-state index contributed by atoms with van der Waals surface area (Å²) >= 11 is 7.63. The van der Waals surface area contributed by atoms with E-state index in [-0.39, 0.29) is 5.78 Å². The van der Waals surface area contributed by atoms with Gasteiger partial charge in [0.1, 0.15) is 5.65 Å². The van der Waals surface area contributed by atoms with Gasteiger partial charge in [0, 0.05) is 33.3 Å². The molecule has 0 saturated carbocycles. The fraction of sp³-hybridized carbons (Fsp3) is 0.0476. The Kier molecular flexibility index (Phi) is 4.53. The number of fused-ring (bicyclic) bond motifs is 1. The van der Waals surface area contributed by atoms with Gasteiger partial charge in [-0.25, -0.2) is 4.98 Å². The second kappa shape index (κ2) is 6.98. The third kappa shape index (κ3) is 3.02. The molecular formula is C21H15ClN2OS. The van der Waals surface area contributed by atoms with Crippen LogP contribution in [-0.4, -0.2) is 22.0 Å². The van der Waals surface area contributed by atoms with E-state index in [0.717, 1.165) is 16.5 Å². The van der Waals surface area contributed by atoms with Crippen molar-refractivity contribution in [2.45, 2.75) is 4.90 Å². The number of carbonyl (C=O) groups excluding carboxylic acids is 1. The van der Waals surface area contributed by atoms with Gasteiger partial charge in [0.25, 0.3) is 0 Å². The molecule has 0 amide bonds. The maximum Gasteiger partial charge on any atom is 0.195 e. The number of aromatic nitrogens is 2. The van der Waals surface area contributed by atoms with Gasteiger partial charge in [0.05, 0.1) is 5.56 Å². The molecule has 26 heavy (non-hydrogen) atoms. The molecule has 128 valence electrons. The lowest BCUT2D eigenvalue weighted by molar-refractivity contribution is 0.104. The Morgan fingerprint density at radius 2 is 1.92 bits per heavy atom. The van der Waals surface area contributed by atoms with Crippen molar-refractivity contribution in [2.24, 2.45) is 0 Å². The number of H-pyrrole nitrogens is 1. The summed E-state index contributed by atoms with van der Waals surface area (Å²) in [6, 6.07) is 17.2. The summed E-state index contributed by atoms with van der Waals surface area (Å²) in [5, 5.41) is 1.45. The van der Waals surface area contributed by atoms with Crippen molar-refractivity contribution in [3.05, 3.63) is 83.1 Å². The number of carbonyl (C=O) groups is 1. The van der Waals surface area contributed by atoms with E-state index in [4.69, 9.17) is 11.6 Å². The summed E-state index contributed by atoms with van der Waals surface area (Å²) in [5.41, 5.74) is 3.97. The number of pyridine rings is 1. The fourth-order valence-electron chi connectivity index (χ4n) is 3.02. The molecule has 0 aliphatic rings. The van der Waals surface area contributed by atoms with Gasteiger partial charge in [-0.05, 0) is 59.8 Å². The monoisotopic (exact) mass is 378 g/mol. The van der Waals surface area contributed by atoms with E-state index >= 15 is 0 Å². The largest absolute Gasteiger partial charge is 0.345 e. The summed E-state index contributed by atoms with van der Waals surface area (Å²) in [7, 11) is 0. The topological polar surface area (TPSA) is 45.8 Å². The molecule has 2 aromatic heterocycles. The van der Waals surface area contributed by atoms with E-state index < -0.39 is 0 Å². The van der Waals surface area contributed by atoms with E-state index in [1.54, 1.807) is 48.4 Å². The van der Waals surface area contributed by atoms with Crippen molar-refractivity contribution in [1.82, 2.24) is 9.97 Å². The van der Waals surface area contributed by atoms with Gasteiger partial charge < -0.3 is 4.98 Å². The van der Waals surface area contributed by atoms with Crippen LogP contribution in [0.3, 0.4) is 0 Å². The van der Waals surface area contributed by atoms with Crippen LogP contribution in [0.5, 0.6) is 0 Å². The second-order valence-corrected chi connectivity index (χ2v) is 7.17. The molecule has 0 aliphatic carbocycles. The summed E-state index contributed by atoms with van der Waals surface area (Å²) in [5.74, 6) is -0.0526. The van der Waals surface area contributed by atoms with E-state index in [9.17, 15) is 4.79 Å². The highest BCUT2D eigenvalue weighted by Gasteiger charge is 2.18. The van der Waals surface area contributed by atoms with Crippen LogP contribution in [0, 0.1) is 0 Å². The average molecular weight is 379 g/mol. The molecule has 0 saturated heterocycles. The first-order valence-corrected chi connectivity index (χ1v) is 9.68. The van der Waals surface area contributed by atoms with Crippen LogP contribution in [0.15, 0.2) is 71.9 Å². The number of ketones is 1. The molecule has 1 N–H and O–H groups in total. The Balaban J connectivity index is 1.89. The van der Waals surface area contributed by atoms with Crippen molar-refractivity contribution in [2.75, 3.05) is 6.26 Å². The van der Waals surface area contributed by atoms with Gasteiger partial charge in [0.2, 0.25) is 0 Å². The normalized spacial score (nSPS) is 11.0. The van der Waals surface area contributed by atoms with Gasteiger partial charge in [-0.1, -0.05) is 23.7 Å². The number of benzene rings is 2. The van der Waals surface area contributed by atoms with E-state index in [0.29, 0.717) is 21.8 Å². The van der Waals surface area contributed by atoms with Crippen LogP contribution in [0.4, 0.5) is 0 Å². The average Bonchev–Trinajstić information content (AvgIpc) is 3.12. The third-order valence-electron chi connectivity index (χ3n) is 4.31. The zero-order valence-corrected chi connectivity index (χ0v) is 15.6. The number of nitrogens with one attached hydrogen (secondary N) is 1. The number of nitrogens with zero attached hydrogens (tertiary/aromatic N) is 1. The number of rotatable bonds is 4. The molecule has 4 aromatic rings.